The Morgan fingerprint density at radius 1 is 1.22 bits per heavy atom. The number of halogens is 1. The molecule has 124 valence electrons. The second-order valence-electron chi connectivity index (χ2n) is 6.38. The maximum atomic E-state index is 11.8. The van der Waals surface area contributed by atoms with Crippen LogP contribution in [0.1, 0.15) is 49.9 Å². The molecule has 0 radical (unpaired) electrons. The molecule has 0 amide bonds. The Labute approximate surface area is 144 Å². The van der Waals surface area contributed by atoms with Crippen LogP contribution in [0.4, 0.5) is 0 Å². The molecule has 0 aromatic carbocycles. The third-order valence-electron chi connectivity index (χ3n) is 4.72. The van der Waals surface area contributed by atoms with Crippen molar-refractivity contribution in [2.75, 3.05) is 11.5 Å². The van der Waals surface area contributed by atoms with E-state index in [9.17, 15) is 8.42 Å². The van der Waals surface area contributed by atoms with Gasteiger partial charge in [0.1, 0.15) is 0 Å². The van der Waals surface area contributed by atoms with Gasteiger partial charge in [-0.2, -0.15) is 5.10 Å². The van der Waals surface area contributed by atoms with E-state index in [1.54, 1.807) is 0 Å². The van der Waals surface area contributed by atoms with Crippen molar-refractivity contribution in [3.8, 4) is 10.7 Å². The maximum absolute atomic E-state index is 11.8. The molecule has 1 saturated carbocycles. The van der Waals surface area contributed by atoms with Gasteiger partial charge >= 0.3 is 0 Å². The number of aromatic nitrogens is 3. The molecule has 2 aromatic rings. The molecule has 1 aliphatic carbocycles. The van der Waals surface area contributed by atoms with Gasteiger partial charge in [-0.05, 0) is 31.4 Å². The molecule has 8 heteroatoms. The first-order valence-corrected chi connectivity index (χ1v) is 11.0. The topological polar surface area (TPSA) is 64.8 Å². The average Bonchev–Trinajstić information content (AvgIpc) is 3.22. The number of sulfone groups is 1. The molecule has 2 aromatic heterocycles. The van der Waals surface area contributed by atoms with E-state index >= 15 is 0 Å². The Morgan fingerprint density at radius 2 is 2.00 bits per heavy atom. The molecule has 1 saturated heterocycles. The van der Waals surface area contributed by atoms with Crippen molar-refractivity contribution < 1.29 is 8.42 Å². The van der Waals surface area contributed by atoms with Crippen LogP contribution in [0.15, 0.2) is 12.1 Å². The Balaban J connectivity index is 1.76. The van der Waals surface area contributed by atoms with E-state index in [0.29, 0.717) is 16.7 Å². The molecule has 2 fully saturated rings. The number of thiophene rings is 1. The molecule has 5 nitrogen and oxygen atoms in total. The second kappa shape index (κ2) is 5.86. The highest BCUT2D eigenvalue weighted by molar-refractivity contribution is 7.91. The fourth-order valence-electron chi connectivity index (χ4n) is 3.52. The zero-order chi connectivity index (χ0) is 16.0. The minimum absolute atomic E-state index is 0.112. The van der Waals surface area contributed by atoms with Crippen molar-refractivity contribution in [1.82, 2.24) is 14.8 Å². The molecule has 4 rings (SSSR count). The summed E-state index contributed by atoms with van der Waals surface area (Å²) >= 11 is 7.53. The molecule has 0 N–H and O–H groups in total. The van der Waals surface area contributed by atoms with E-state index < -0.39 is 9.84 Å². The van der Waals surface area contributed by atoms with Gasteiger partial charge in [0, 0.05) is 5.92 Å². The first-order chi connectivity index (χ1) is 11.0. The van der Waals surface area contributed by atoms with Crippen LogP contribution >= 0.6 is 22.9 Å². The summed E-state index contributed by atoms with van der Waals surface area (Å²) < 4.78 is 26.3. The molecule has 1 unspecified atom stereocenters. The normalized spacial score (nSPS) is 24.5. The van der Waals surface area contributed by atoms with Gasteiger partial charge in [0.2, 0.25) is 0 Å². The van der Waals surface area contributed by atoms with Gasteiger partial charge in [-0.15, -0.1) is 11.3 Å². The number of rotatable bonds is 3. The first kappa shape index (κ1) is 15.6. The highest BCUT2D eigenvalue weighted by Crippen LogP contribution is 2.37. The van der Waals surface area contributed by atoms with E-state index in [4.69, 9.17) is 21.7 Å². The smallest absolute Gasteiger partial charge is 0.168 e. The summed E-state index contributed by atoms with van der Waals surface area (Å²) in [6.45, 7) is 0. The van der Waals surface area contributed by atoms with Crippen LogP contribution in [-0.2, 0) is 9.84 Å². The lowest BCUT2D eigenvalue weighted by molar-refractivity contribution is 0.494. The standard InChI is InChI=1S/C15H18ClN3O2S2/c16-13-6-5-12(22-13)15-17-14(10-3-1-2-4-10)18-19(15)11-7-8-23(20,21)9-11/h5-6,10-11H,1-4,7-9H2. The summed E-state index contributed by atoms with van der Waals surface area (Å²) in [5.74, 6) is 2.44. The number of hydrogen-bond acceptors (Lipinski definition) is 5. The van der Waals surface area contributed by atoms with Gasteiger partial charge in [0.25, 0.3) is 0 Å². The monoisotopic (exact) mass is 371 g/mol. The molecule has 1 aliphatic heterocycles. The van der Waals surface area contributed by atoms with Crippen molar-refractivity contribution in [2.24, 2.45) is 0 Å². The van der Waals surface area contributed by atoms with Gasteiger partial charge in [-0.25, -0.2) is 18.1 Å². The lowest BCUT2D eigenvalue weighted by atomic mass is 10.1. The van der Waals surface area contributed by atoms with E-state index in [2.05, 4.69) is 0 Å². The molecule has 3 heterocycles. The molecule has 23 heavy (non-hydrogen) atoms. The Hall–Kier alpha value is -0.920. The average molecular weight is 372 g/mol. The van der Waals surface area contributed by atoms with Gasteiger partial charge < -0.3 is 0 Å². The van der Waals surface area contributed by atoms with Crippen molar-refractivity contribution in [3.05, 3.63) is 22.3 Å². The Morgan fingerprint density at radius 3 is 2.61 bits per heavy atom. The van der Waals surface area contributed by atoms with Crippen molar-refractivity contribution in [2.45, 2.75) is 44.1 Å². The quantitative estimate of drug-likeness (QED) is 0.825. The molecular weight excluding hydrogens is 354 g/mol. The minimum atomic E-state index is -2.96. The summed E-state index contributed by atoms with van der Waals surface area (Å²) in [4.78, 5) is 5.73. The van der Waals surface area contributed by atoms with E-state index in [1.807, 2.05) is 16.8 Å². The predicted octanol–water partition coefficient (Wildman–Crippen LogP) is 3.68. The molecule has 1 atom stereocenters. The highest BCUT2D eigenvalue weighted by Gasteiger charge is 2.33. The molecule has 2 aliphatic rings. The van der Waals surface area contributed by atoms with Crippen LogP contribution in [0.2, 0.25) is 4.34 Å². The minimum Gasteiger partial charge on any atom is -0.241 e. The maximum Gasteiger partial charge on any atom is 0.168 e. The third-order valence-corrected chi connectivity index (χ3v) is 7.69. The highest BCUT2D eigenvalue weighted by atomic mass is 35.5. The predicted molar refractivity (Wildman–Crippen MR) is 91.9 cm³/mol. The summed E-state index contributed by atoms with van der Waals surface area (Å²) in [5, 5.41) is 4.73. The van der Waals surface area contributed by atoms with Crippen LogP contribution in [0, 0.1) is 0 Å². The largest absolute Gasteiger partial charge is 0.241 e. The van der Waals surface area contributed by atoms with E-state index in [1.165, 1.54) is 24.2 Å². The van der Waals surface area contributed by atoms with Crippen LogP contribution in [0.25, 0.3) is 10.7 Å². The van der Waals surface area contributed by atoms with Gasteiger partial charge in [0.15, 0.2) is 21.5 Å². The Bertz CT molecular complexity index is 822. The zero-order valence-electron chi connectivity index (χ0n) is 12.6. The summed E-state index contributed by atoms with van der Waals surface area (Å²) in [6.07, 6.45) is 5.30. The Kier molecular flexibility index (Phi) is 3.98. The molecule has 0 spiro atoms. The van der Waals surface area contributed by atoms with Crippen LogP contribution in [0.5, 0.6) is 0 Å². The lowest BCUT2D eigenvalue weighted by Gasteiger charge is -2.10. The molecule has 0 bridgehead atoms. The SMILES string of the molecule is O=S1(=O)CCC(n2nc(C3CCCC3)nc2-c2ccc(Cl)s2)C1. The van der Waals surface area contributed by atoms with Crippen LogP contribution in [0.3, 0.4) is 0 Å². The first-order valence-electron chi connectivity index (χ1n) is 7.94. The third kappa shape index (κ3) is 3.06. The summed E-state index contributed by atoms with van der Waals surface area (Å²) in [6, 6.07) is 3.68. The van der Waals surface area contributed by atoms with Crippen LogP contribution < -0.4 is 0 Å². The van der Waals surface area contributed by atoms with E-state index in [-0.39, 0.29) is 17.5 Å². The van der Waals surface area contributed by atoms with Gasteiger partial charge in [0.05, 0.1) is 26.8 Å². The summed E-state index contributed by atoms with van der Waals surface area (Å²) in [5.41, 5.74) is 0. The lowest BCUT2D eigenvalue weighted by Crippen LogP contribution is -2.14. The van der Waals surface area contributed by atoms with Crippen molar-refractivity contribution in [3.63, 3.8) is 0 Å². The second-order valence-corrected chi connectivity index (χ2v) is 10.3. The van der Waals surface area contributed by atoms with Crippen molar-refractivity contribution >= 4 is 32.8 Å². The van der Waals surface area contributed by atoms with Gasteiger partial charge in [-0.1, -0.05) is 24.4 Å². The molecular formula is C15H18ClN3O2S2. The number of hydrogen-bond donors (Lipinski definition) is 0. The fourth-order valence-corrected chi connectivity index (χ4v) is 6.24. The fraction of sp³-hybridized carbons (Fsp3) is 0.600. The van der Waals surface area contributed by atoms with E-state index in [0.717, 1.165) is 29.4 Å². The zero-order valence-corrected chi connectivity index (χ0v) is 15.0. The van der Waals surface area contributed by atoms with Crippen LogP contribution in [-0.4, -0.2) is 34.7 Å². The van der Waals surface area contributed by atoms with Crippen molar-refractivity contribution in [1.29, 1.82) is 0 Å². The summed E-state index contributed by atoms with van der Waals surface area (Å²) in [7, 11) is -2.96. The number of nitrogens with zero attached hydrogens (tertiary/aromatic N) is 3. The van der Waals surface area contributed by atoms with Gasteiger partial charge in [-0.3, -0.25) is 0 Å².